The van der Waals surface area contributed by atoms with Gasteiger partial charge >= 0.3 is 0 Å². The van der Waals surface area contributed by atoms with Crippen LogP contribution in [0, 0.1) is 0 Å². The lowest BCUT2D eigenvalue weighted by Gasteiger charge is -2.29. The molecule has 0 amide bonds. The second-order valence-electron chi connectivity index (χ2n) is 11.4. The van der Waals surface area contributed by atoms with Crippen molar-refractivity contribution in [3.63, 3.8) is 0 Å². The number of hydrogen-bond acceptors (Lipinski definition) is 1. The third-order valence-corrected chi connectivity index (χ3v) is 13.7. The lowest BCUT2D eigenvalue weighted by Crippen LogP contribution is -2.42. The van der Waals surface area contributed by atoms with Crippen LogP contribution in [0.3, 0.4) is 0 Å². The van der Waals surface area contributed by atoms with E-state index in [-0.39, 0.29) is 0 Å². The fourth-order valence-electron chi connectivity index (χ4n) is 5.48. The average Bonchev–Trinajstić information content (AvgIpc) is 2.78. The molecule has 2 aliphatic carbocycles. The van der Waals surface area contributed by atoms with Gasteiger partial charge in [0.05, 0.1) is 0 Å². The smallest absolute Gasteiger partial charge is 0.198 e. The van der Waals surface area contributed by atoms with Crippen LogP contribution in [0.5, 0.6) is 0 Å². The molecule has 3 heteroatoms. The summed E-state index contributed by atoms with van der Waals surface area (Å²) in [6.07, 6.45) is 9.49. The maximum absolute atomic E-state index is 6.84. The summed E-state index contributed by atoms with van der Waals surface area (Å²) in [7, 11) is -3.91. The quantitative estimate of drug-likeness (QED) is 0.246. The molecule has 176 valence electrons. The molecule has 35 heavy (non-hydrogen) atoms. The fourth-order valence-corrected chi connectivity index (χ4v) is 12.6. The Morgan fingerprint density at radius 3 is 1.26 bits per heavy atom. The Bertz CT molecular complexity index is 1410. The van der Waals surface area contributed by atoms with Gasteiger partial charge in [0.25, 0.3) is 0 Å². The Morgan fingerprint density at radius 2 is 0.886 bits per heavy atom. The van der Waals surface area contributed by atoms with Crippen LogP contribution in [0.15, 0.2) is 72.1 Å². The molecule has 6 rings (SSSR count). The highest BCUT2D eigenvalue weighted by atomic mass is 28.4. The normalized spacial score (nSPS) is 15.4. The summed E-state index contributed by atoms with van der Waals surface area (Å²) in [5.74, 6) is 0. The van der Waals surface area contributed by atoms with Crippen molar-refractivity contribution >= 4 is 50.3 Å². The van der Waals surface area contributed by atoms with E-state index in [0.29, 0.717) is 0 Å². The van der Waals surface area contributed by atoms with Crippen LogP contribution in [-0.2, 0) is 29.8 Å². The van der Waals surface area contributed by atoms with Gasteiger partial charge in [0.1, 0.15) is 0 Å². The predicted octanol–water partition coefficient (Wildman–Crippen LogP) is 8.42. The number of aryl methyl sites for hydroxylation is 4. The lowest BCUT2D eigenvalue weighted by atomic mass is 9.86. The van der Waals surface area contributed by atoms with E-state index < -0.39 is 16.6 Å². The molecule has 4 aromatic carbocycles. The minimum atomic E-state index is -1.96. The summed E-state index contributed by atoms with van der Waals surface area (Å²) in [5.41, 5.74) is 13.3. The molecule has 0 atom stereocenters. The van der Waals surface area contributed by atoms with Crippen LogP contribution in [0.25, 0.3) is 33.7 Å². The van der Waals surface area contributed by atoms with E-state index in [2.05, 4.69) is 110 Å². The summed E-state index contributed by atoms with van der Waals surface area (Å²) < 4.78 is 6.84. The zero-order chi connectivity index (χ0) is 24.2. The molecule has 4 aromatic rings. The van der Waals surface area contributed by atoms with Crippen molar-refractivity contribution in [3.05, 3.63) is 105 Å². The largest absolute Gasteiger partial charge is 0.449 e. The Morgan fingerprint density at radius 1 is 0.514 bits per heavy atom. The average molecular weight is 491 g/mol. The first kappa shape index (κ1) is 22.7. The number of fused-ring (bicyclic) bond motifs is 4. The Balaban J connectivity index is 1.16. The number of rotatable bonds is 6. The molecule has 0 unspecified atom stereocenters. The highest BCUT2D eigenvalue weighted by molar-refractivity contribution is 6.90. The molecule has 0 aromatic heterocycles. The summed E-state index contributed by atoms with van der Waals surface area (Å²) in [4.78, 5) is 0. The number of benzene rings is 4. The maximum atomic E-state index is 6.84. The standard InChI is InChI=1S/C32H34OSi2/c1-34(2,15-13-23-5-7-29-19-25-9-11-27(25)21-31(29)17-23)33-35(3,4)16-14-24-6-8-30-20-26-10-12-28(26)22-32(30)18-24/h5-8,13-22H,9-12H2,1-4H3. The van der Waals surface area contributed by atoms with Crippen LogP contribution < -0.4 is 0 Å². The number of hydrogen-bond donors (Lipinski definition) is 0. The Labute approximate surface area is 211 Å². The van der Waals surface area contributed by atoms with Gasteiger partial charge in [-0.2, -0.15) is 0 Å². The van der Waals surface area contributed by atoms with E-state index >= 15 is 0 Å². The highest BCUT2D eigenvalue weighted by Crippen LogP contribution is 2.31. The van der Waals surface area contributed by atoms with Gasteiger partial charge in [-0.05, 0) is 119 Å². The van der Waals surface area contributed by atoms with E-state index in [1.54, 1.807) is 0 Å². The minimum Gasteiger partial charge on any atom is -0.449 e. The molecule has 0 bridgehead atoms. The zero-order valence-corrected chi connectivity index (χ0v) is 23.3. The Kier molecular flexibility index (Phi) is 5.48. The van der Waals surface area contributed by atoms with Gasteiger partial charge < -0.3 is 4.12 Å². The van der Waals surface area contributed by atoms with Gasteiger partial charge in [0.15, 0.2) is 16.6 Å². The minimum absolute atomic E-state index is 1.23. The third kappa shape index (κ3) is 4.73. The SMILES string of the molecule is C[Si](C)(C=Cc1ccc2cc3c(cc2c1)CC3)O[Si](C)(C)C=Cc1ccc2cc3c(cc2c1)CC3. The maximum Gasteiger partial charge on any atom is 0.198 e. The van der Waals surface area contributed by atoms with Crippen LogP contribution >= 0.6 is 0 Å². The van der Waals surface area contributed by atoms with Crippen molar-refractivity contribution in [2.45, 2.75) is 51.9 Å². The summed E-state index contributed by atoms with van der Waals surface area (Å²) in [6.45, 7) is 9.24. The molecule has 0 saturated heterocycles. The van der Waals surface area contributed by atoms with E-state index in [9.17, 15) is 0 Å². The van der Waals surface area contributed by atoms with Gasteiger partial charge in [-0.15, -0.1) is 0 Å². The topological polar surface area (TPSA) is 9.23 Å². The van der Waals surface area contributed by atoms with Crippen LogP contribution in [0.2, 0.25) is 26.2 Å². The highest BCUT2D eigenvalue weighted by Gasteiger charge is 2.29. The van der Waals surface area contributed by atoms with E-state index in [0.717, 1.165) is 0 Å². The molecular weight excluding hydrogens is 457 g/mol. The predicted molar refractivity (Wildman–Crippen MR) is 157 cm³/mol. The zero-order valence-electron chi connectivity index (χ0n) is 21.3. The van der Waals surface area contributed by atoms with Crippen LogP contribution in [0.1, 0.15) is 33.4 Å². The van der Waals surface area contributed by atoms with Gasteiger partial charge in [-0.25, -0.2) is 0 Å². The van der Waals surface area contributed by atoms with Gasteiger partial charge in [0, 0.05) is 0 Å². The van der Waals surface area contributed by atoms with E-state index in [1.165, 1.54) is 80.6 Å². The molecule has 0 spiro atoms. The second-order valence-corrected chi connectivity index (χ2v) is 19.3. The monoisotopic (exact) mass is 490 g/mol. The van der Waals surface area contributed by atoms with Crippen molar-refractivity contribution in [2.75, 3.05) is 0 Å². The van der Waals surface area contributed by atoms with Gasteiger partial charge in [-0.3, -0.25) is 0 Å². The third-order valence-electron chi connectivity index (χ3n) is 7.57. The second kappa shape index (κ2) is 8.44. The molecule has 1 nitrogen and oxygen atoms in total. The van der Waals surface area contributed by atoms with Gasteiger partial charge in [-0.1, -0.05) is 72.1 Å². The van der Waals surface area contributed by atoms with E-state index in [4.69, 9.17) is 4.12 Å². The van der Waals surface area contributed by atoms with Crippen LogP contribution in [0.4, 0.5) is 0 Å². The summed E-state index contributed by atoms with van der Waals surface area (Å²) in [6, 6.07) is 23.1. The van der Waals surface area contributed by atoms with Crippen molar-refractivity contribution in [2.24, 2.45) is 0 Å². The lowest BCUT2D eigenvalue weighted by molar-refractivity contribution is 0.571. The molecule has 0 N–H and O–H groups in total. The van der Waals surface area contributed by atoms with Crippen molar-refractivity contribution in [1.82, 2.24) is 0 Å². The van der Waals surface area contributed by atoms with Crippen molar-refractivity contribution in [3.8, 4) is 0 Å². The first-order valence-corrected chi connectivity index (χ1v) is 18.9. The molecule has 0 heterocycles. The van der Waals surface area contributed by atoms with Crippen LogP contribution in [-0.4, -0.2) is 16.6 Å². The summed E-state index contributed by atoms with van der Waals surface area (Å²) in [5, 5.41) is 5.42. The molecule has 0 radical (unpaired) electrons. The van der Waals surface area contributed by atoms with E-state index in [1.807, 2.05) is 0 Å². The molecule has 2 aliphatic rings. The fraction of sp³-hybridized carbons (Fsp3) is 0.250. The first-order valence-electron chi connectivity index (χ1n) is 12.9. The molecular formula is C32H34OSi2. The molecule has 0 aliphatic heterocycles. The first-order chi connectivity index (χ1) is 16.7. The summed E-state index contributed by atoms with van der Waals surface area (Å²) >= 11 is 0. The van der Waals surface area contributed by atoms with Gasteiger partial charge in [0.2, 0.25) is 0 Å². The van der Waals surface area contributed by atoms with Crippen molar-refractivity contribution in [1.29, 1.82) is 0 Å². The molecule has 0 fully saturated rings. The van der Waals surface area contributed by atoms with Crippen molar-refractivity contribution < 1.29 is 4.12 Å². The Hall–Kier alpha value is -2.73. The molecule has 0 saturated carbocycles.